The predicted molar refractivity (Wildman–Crippen MR) is 165 cm³/mol. The van der Waals surface area contributed by atoms with E-state index in [4.69, 9.17) is 15.5 Å². The van der Waals surface area contributed by atoms with E-state index in [1.807, 2.05) is 6.92 Å². The van der Waals surface area contributed by atoms with Gasteiger partial charge in [-0.25, -0.2) is 9.97 Å². The number of halogens is 1. The lowest BCUT2D eigenvalue weighted by Crippen LogP contribution is -2.53. The van der Waals surface area contributed by atoms with Crippen molar-refractivity contribution in [2.45, 2.75) is 65.5 Å². The summed E-state index contributed by atoms with van der Waals surface area (Å²) in [6.07, 6.45) is 5.03. The molecule has 3 fully saturated rings. The Bertz CT molecular complexity index is 1140. The van der Waals surface area contributed by atoms with Gasteiger partial charge < -0.3 is 30.9 Å². The summed E-state index contributed by atoms with van der Waals surface area (Å²) in [6.45, 7) is 12.3. The standard InChI is InChI=1S/C29H44N8O2.CH4.FH/c1-4-24-28(31-21-9-17-39-18-10-21)34-29(26(33-24)27(30)38)32-22-5-6-25(20(2)19-22)37-15-13-36(14-16-37)23-7-11-35(3)12-8-23;;/h5-6,19,21,23H,4,7-18H2,1-3H3,(H2,30,38)(H2,31,32,34);1H4;1H. The molecular formula is C30H49FN8O2. The van der Waals surface area contributed by atoms with Crippen LogP contribution in [-0.4, -0.2) is 97.3 Å². The number of carbonyl (C=O) groups is 1. The normalized spacial score (nSPS) is 19.2. The highest BCUT2D eigenvalue weighted by Gasteiger charge is 2.27. The monoisotopic (exact) mass is 572 g/mol. The van der Waals surface area contributed by atoms with E-state index >= 15 is 0 Å². The molecule has 1 aromatic heterocycles. The predicted octanol–water partition coefficient (Wildman–Crippen LogP) is 3.79. The van der Waals surface area contributed by atoms with E-state index in [2.05, 4.69) is 62.5 Å². The number of likely N-dealkylation sites (tertiary alicyclic amines) is 1. The molecule has 5 rings (SSSR count). The van der Waals surface area contributed by atoms with Crippen molar-refractivity contribution in [2.24, 2.45) is 5.73 Å². The molecule has 2 aromatic rings. The SMILES string of the molecule is C.CCc1nc(C(N)=O)c(Nc2ccc(N3CCN(C4CCN(C)CC4)CC3)c(C)c2)nc1NC1CCOCC1.F. The van der Waals surface area contributed by atoms with Gasteiger partial charge in [-0.2, -0.15) is 0 Å². The Balaban J connectivity index is 0.00000231. The molecule has 1 amide bonds. The summed E-state index contributed by atoms with van der Waals surface area (Å²) in [7, 11) is 2.22. The number of carbonyl (C=O) groups excluding carboxylic acids is 1. The summed E-state index contributed by atoms with van der Waals surface area (Å²) >= 11 is 0. The van der Waals surface area contributed by atoms with Crippen LogP contribution in [0.15, 0.2) is 18.2 Å². The number of nitrogens with one attached hydrogen (secondary N) is 2. The van der Waals surface area contributed by atoms with Gasteiger partial charge in [0.15, 0.2) is 17.3 Å². The Morgan fingerprint density at radius 2 is 1.71 bits per heavy atom. The molecule has 0 bridgehead atoms. The molecule has 228 valence electrons. The van der Waals surface area contributed by atoms with Gasteiger partial charge in [-0.15, -0.1) is 0 Å². The number of ether oxygens (including phenoxy) is 1. The van der Waals surface area contributed by atoms with Crippen molar-refractivity contribution >= 4 is 28.9 Å². The molecule has 0 saturated carbocycles. The van der Waals surface area contributed by atoms with Gasteiger partial charge in [-0.1, -0.05) is 14.4 Å². The molecule has 0 aliphatic carbocycles. The summed E-state index contributed by atoms with van der Waals surface area (Å²) in [6, 6.07) is 7.33. The highest BCUT2D eigenvalue weighted by Crippen LogP contribution is 2.29. The maximum atomic E-state index is 12.3. The number of hydrogen-bond donors (Lipinski definition) is 3. The van der Waals surface area contributed by atoms with Crippen LogP contribution in [0.4, 0.5) is 27.7 Å². The maximum Gasteiger partial charge on any atom is 0.271 e. The van der Waals surface area contributed by atoms with Crippen LogP contribution >= 0.6 is 0 Å². The van der Waals surface area contributed by atoms with Crippen molar-refractivity contribution in [3.8, 4) is 0 Å². The number of nitrogens with zero attached hydrogens (tertiary/aromatic N) is 5. The third kappa shape index (κ3) is 7.84. The van der Waals surface area contributed by atoms with Crippen LogP contribution in [0.5, 0.6) is 0 Å². The average molecular weight is 573 g/mol. The molecule has 3 aliphatic rings. The fourth-order valence-corrected chi connectivity index (χ4v) is 6.04. The molecular weight excluding hydrogens is 523 g/mol. The van der Waals surface area contributed by atoms with Crippen LogP contribution in [-0.2, 0) is 11.2 Å². The number of nitrogens with two attached hydrogens (primary N) is 1. The number of primary amides is 1. The number of benzene rings is 1. The van der Waals surface area contributed by atoms with E-state index in [1.54, 1.807) is 0 Å². The third-order valence-corrected chi connectivity index (χ3v) is 8.42. The van der Waals surface area contributed by atoms with Crippen molar-refractivity contribution in [2.75, 3.05) is 75.1 Å². The summed E-state index contributed by atoms with van der Waals surface area (Å²) in [4.78, 5) is 29.3. The summed E-state index contributed by atoms with van der Waals surface area (Å²) in [5.74, 6) is 0.494. The van der Waals surface area contributed by atoms with Gasteiger partial charge in [0.2, 0.25) is 0 Å². The molecule has 0 spiro atoms. The van der Waals surface area contributed by atoms with Crippen LogP contribution < -0.4 is 21.3 Å². The second kappa shape index (κ2) is 14.7. The molecule has 3 saturated heterocycles. The van der Waals surface area contributed by atoms with E-state index in [1.165, 1.54) is 37.2 Å². The molecule has 0 atom stereocenters. The van der Waals surface area contributed by atoms with Crippen molar-refractivity contribution in [1.82, 2.24) is 19.8 Å². The van der Waals surface area contributed by atoms with E-state index in [0.717, 1.165) is 69.7 Å². The lowest BCUT2D eigenvalue weighted by molar-refractivity contribution is 0.0903. The average Bonchev–Trinajstić information content (AvgIpc) is 2.94. The van der Waals surface area contributed by atoms with E-state index in [9.17, 15) is 4.79 Å². The lowest BCUT2D eigenvalue weighted by Gasteiger charge is -2.43. The van der Waals surface area contributed by atoms with Gasteiger partial charge in [0.25, 0.3) is 5.91 Å². The zero-order valence-electron chi connectivity index (χ0n) is 24.1. The fraction of sp³-hybridized carbons (Fsp3) is 0.633. The molecule has 41 heavy (non-hydrogen) atoms. The van der Waals surface area contributed by atoms with Gasteiger partial charge in [0.05, 0.1) is 5.69 Å². The number of aryl methyl sites for hydroxylation is 2. The van der Waals surface area contributed by atoms with Crippen LogP contribution in [0.2, 0.25) is 0 Å². The summed E-state index contributed by atoms with van der Waals surface area (Å²) in [5.41, 5.74) is 9.93. The van der Waals surface area contributed by atoms with Gasteiger partial charge in [0.1, 0.15) is 0 Å². The topological polar surface area (TPSA) is 112 Å². The van der Waals surface area contributed by atoms with Gasteiger partial charge in [-0.05, 0) is 82.9 Å². The number of piperidine rings is 1. The molecule has 11 heteroatoms. The Hall–Kier alpha value is -3.02. The Kier molecular flexibility index (Phi) is 11.7. The van der Waals surface area contributed by atoms with Crippen LogP contribution in [0.3, 0.4) is 0 Å². The first-order chi connectivity index (χ1) is 18.9. The largest absolute Gasteiger partial charge is 0.381 e. The van der Waals surface area contributed by atoms with Crippen molar-refractivity contribution < 1.29 is 14.2 Å². The number of hydrogen-bond acceptors (Lipinski definition) is 9. The van der Waals surface area contributed by atoms with Crippen LogP contribution in [0.1, 0.15) is 61.8 Å². The third-order valence-electron chi connectivity index (χ3n) is 8.42. The van der Waals surface area contributed by atoms with Crippen LogP contribution in [0.25, 0.3) is 0 Å². The number of amides is 1. The second-order valence-electron chi connectivity index (χ2n) is 11.1. The van der Waals surface area contributed by atoms with Crippen molar-refractivity contribution in [1.29, 1.82) is 0 Å². The number of piperazine rings is 1. The maximum absolute atomic E-state index is 12.3. The molecule has 4 N–H and O–H groups in total. The molecule has 0 unspecified atom stereocenters. The highest BCUT2D eigenvalue weighted by atomic mass is 19.0. The zero-order valence-corrected chi connectivity index (χ0v) is 24.1. The first kappa shape index (κ1) is 32.5. The Morgan fingerprint density at radius 3 is 2.32 bits per heavy atom. The molecule has 0 radical (unpaired) electrons. The minimum absolute atomic E-state index is 0. The Labute approximate surface area is 244 Å². The van der Waals surface area contributed by atoms with Crippen molar-refractivity contribution in [3.05, 3.63) is 35.2 Å². The molecule has 3 aliphatic heterocycles. The lowest BCUT2D eigenvalue weighted by atomic mass is 10.0. The second-order valence-corrected chi connectivity index (χ2v) is 11.1. The van der Waals surface area contributed by atoms with Crippen molar-refractivity contribution in [3.63, 3.8) is 0 Å². The van der Waals surface area contributed by atoms with E-state index < -0.39 is 5.91 Å². The fourth-order valence-electron chi connectivity index (χ4n) is 6.04. The smallest absolute Gasteiger partial charge is 0.271 e. The Morgan fingerprint density at radius 1 is 1.02 bits per heavy atom. The zero-order chi connectivity index (χ0) is 27.4. The van der Waals surface area contributed by atoms with E-state index in [-0.39, 0.29) is 23.9 Å². The number of aromatic nitrogens is 2. The molecule has 10 nitrogen and oxygen atoms in total. The first-order valence-corrected chi connectivity index (χ1v) is 14.5. The van der Waals surface area contributed by atoms with Gasteiger partial charge in [-0.3, -0.25) is 14.4 Å². The summed E-state index contributed by atoms with van der Waals surface area (Å²) < 4.78 is 5.49. The number of rotatable bonds is 8. The first-order valence-electron chi connectivity index (χ1n) is 14.5. The van der Waals surface area contributed by atoms with Gasteiger partial charge >= 0.3 is 0 Å². The van der Waals surface area contributed by atoms with Gasteiger partial charge in [0, 0.05) is 62.9 Å². The minimum atomic E-state index is -0.590. The molecule has 1 aromatic carbocycles. The number of anilines is 4. The van der Waals surface area contributed by atoms with E-state index in [0.29, 0.717) is 18.1 Å². The quantitative estimate of drug-likeness (QED) is 0.435. The highest BCUT2D eigenvalue weighted by molar-refractivity contribution is 5.96. The summed E-state index contributed by atoms with van der Waals surface area (Å²) in [5, 5.41) is 6.86. The minimum Gasteiger partial charge on any atom is -0.381 e. The molecule has 4 heterocycles. The van der Waals surface area contributed by atoms with Crippen LogP contribution in [0, 0.1) is 6.92 Å².